The number of ether oxygens (including phenoxy) is 2. The number of rotatable bonds is 4. The Morgan fingerprint density at radius 1 is 1.24 bits per heavy atom. The van der Waals surface area contributed by atoms with Crippen molar-refractivity contribution in [2.75, 3.05) is 19.1 Å². The van der Waals surface area contributed by atoms with E-state index in [0.717, 1.165) is 16.3 Å². The number of carbonyl (C=O) groups excluding carboxylic acids is 1. The number of thiophene rings is 1. The first kappa shape index (κ1) is 17.4. The van der Waals surface area contributed by atoms with Crippen molar-refractivity contribution in [3.63, 3.8) is 0 Å². The van der Waals surface area contributed by atoms with Gasteiger partial charge in [-0.3, -0.25) is 4.90 Å². The van der Waals surface area contributed by atoms with E-state index in [-0.39, 0.29) is 12.0 Å². The molecule has 0 unspecified atom stereocenters. The van der Waals surface area contributed by atoms with E-state index in [1.807, 2.05) is 53.6 Å². The van der Waals surface area contributed by atoms with Crippen molar-refractivity contribution in [1.29, 1.82) is 0 Å². The molecule has 3 rings (SSSR count). The molecule has 2 aromatic rings. The lowest BCUT2D eigenvalue weighted by atomic mass is 10.00. The molecule has 7 heteroatoms. The molecule has 0 spiro atoms. The SMILES string of the molecule is COC(=O)C1=C(C)N(c2ccccc2OC)C(=S)N[C@H]1c1cccs1. The van der Waals surface area contributed by atoms with Crippen LogP contribution in [0.1, 0.15) is 17.8 Å². The monoisotopic (exact) mass is 374 g/mol. The number of esters is 1. The maximum Gasteiger partial charge on any atom is 0.338 e. The summed E-state index contributed by atoms with van der Waals surface area (Å²) >= 11 is 7.16. The van der Waals surface area contributed by atoms with E-state index >= 15 is 0 Å². The second-order valence-corrected chi connectivity index (χ2v) is 6.76. The van der Waals surface area contributed by atoms with Crippen LogP contribution in [-0.2, 0) is 9.53 Å². The third-order valence-electron chi connectivity index (χ3n) is 4.04. The highest BCUT2D eigenvalue weighted by molar-refractivity contribution is 7.80. The number of nitrogens with one attached hydrogen (secondary N) is 1. The maximum atomic E-state index is 12.5. The number of methoxy groups -OCH3 is 2. The Hall–Kier alpha value is -2.38. The summed E-state index contributed by atoms with van der Waals surface area (Å²) in [7, 11) is 2.99. The van der Waals surface area contributed by atoms with E-state index in [2.05, 4.69) is 5.32 Å². The van der Waals surface area contributed by atoms with Crippen molar-refractivity contribution < 1.29 is 14.3 Å². The number of allylic oxidation sites excluding steroid dienone is 1. The number of thiocarbonyl (C=S) groups is 1. The Morgan fingerprint density at radius 2 is 2.00 bits per heavy atom. The highest BCUT2D eigenvalue weighted by Crippen LogP contribution is 2.38. The fourth-order valence-corrected chi connectivity index (χ4v) is 4.03. The fourth-order valence-electron chi connectivity index (χ4n) is 2.89. The Kier molecular flexibility index (Phi) is 5.06. The first-order valence-corrected chi connectivity index (χ1v) is 8.93. The number of anilines is 1. The van der Waals surface area contributed by atoms with Crippen LogP contribution in [-0.4, -0.2) is 25.3 Å². The molecule has 1 atom stereocenters. The van der Waals surface area contributed by atoms with Gasteiger partial charge in [0.2, 0.25) is 0 Å². The molecule has 2 heterocycles. The van der Waals surface area contributed by atoms with Gasteiger partial charge in [0.1, 0.15) is 5.75 Å². The van der Waals surface area contributed by atoms with Crippen LogP contribution in [0.5, 0.6) is 5.75 Å². The van der Waals surface area contributed by atoms with Gasteiger partial charge in [-0.15, -0.1) is 11.3 Å². The largest absolute Gasteiger partial charge is 0.495 e. The summed E-state index contributed by atoms with van der Waals surface area (Å²) in [6, 6.07) is 11.1. The summed E-state index contributed by atoms with van der Waals surface area (Å²) < 4.78 is 10.5. The van der Waals surface area contributed by atoms with Crippen LogP contribution in [0.25, 0.3) is 0 Å². The molecule has 0 aliphatic carbocycles. The van der Waals surface area contributed by atoms with E-state index in [0.29, 0.717) is 16.4 Å². The maximum absolute atomic E-state index is 12.5. The minimum atomic E-state index is -0.384. The number of para-hydroxylation sites is 2. The number of hydrogen-bond acceptors (Lipinski definition) is 5. The van der Waals surface area contributed by atoms with Gasteiger partial charge in [-0.05, 0) is 42.7 Å². The van der Waals surface area contributed by atoms with Gasteiger partial charge in [-0.25, -0.2) is 4.79 Å². The van der Waals surface area contributed by atoms with Crippen LogP contribution >= 0.6 is 23.6 Å². The second-order valence-electron chi connectivity index (χ2n) is 5.40. The summed E-state index contributed by atoms with van der Waals surface area (Å²) in [6.07, 6.45) is 0. The Balaban J connectivity index is 2.16. The molecule has 1 aliphatic rings. The molecule has 0 saturated carbocycles. The lowest BCUT2D eigenvalue weighted by molar-refractivity contribution is -0.136. The highest BCUT2D eigenvalue weighted by atomic mass is 32.1. The molecule has 1 aromatic heterocycles. The third-order valence-corrected chi connectivity index (χ3v) is 5.28. The standard InChI is InChI=1S/C18H18N2O3S2/c1-11-15(17(21)23-3)16(14-9-6-10-25-14)19-18(24)20(11)12-7-4-5-8-13(12)22-2/h4-10,16H,1-3H3,(H,19,24)/t16-/m0/s1. The number of hydrogen-bond donors (Lipinski definition) is 1. The summed E-state index contributed by atoms with van der Waals surface area (Å²) in [5.74, 6) is 0.288. The minimum Gasteiger partial charge on any atom is -0.495 e. The molecule has 130 valence electrons. The molecule has 1 N–H and O–H groups in total. The summed E-state index contributed by atoms with van der Waals surface area (Å²) in [6.45, 7) is 1.87. The zero-order valence-corrected chi connectivity index (χ0v) is 15.7. The Bertz CT molecular complexity index is 831. The first-order valence-electron chi connectivity index (χ1n) is 7.64. The average Bonchev–Trinajstić information content (AvgIpc) is 3.15. The number of carbonyl (C=O) groups is 1. The van der Waals surface area contributed by atoms with Crippen molar-refractivity contribution in [1.82, 2.24) is 5.32 Å². The van der Waals surface area contributed by atoms with E-state index in [1.165, 1.54) is 7.11 Å². The molecule has 0 saturated heterocycles. The second kappa shape index (κ2) is 7.25. The molecule has 0 fully saturated rings. The number of nitrogens with zero attached hydrogens (tertiary/aromatic N) is 1. The summed E-state index contributed by atoms with van der Waals surface area (Å²) in [5, 5.41) is 5.74. The van der Waals surface area contributed by atoms with Crippen molar-refractivity contribution in [2.45, 2.75) is 13.0 Å². The van der Waals surface area contributed by atoms with Gasteiger partial charge >= 0.3 is 5.97 Å². The smallest absolute Gasteiger partial charge is 0.338 e. The van der Waals surface area contributed by atoms with Gasteiger partial charge < -0.3 is 14.8 Å². The predicted molar refractivity (Wildman–Crippen MR) is 103 cm³/mol. The quantitative estimate of drug-likeness (QED) is 0.651. The van der Waals surface area contributed by atoms with Gasteiger partial charge in [0.05, 0.1) is 31.5 Å². The Labute approximate surface area is 155 Å². The topological polar surface area (TPSA) is 50.8 Å². The van der Waals surface area contributed by atoms with Crippen LogP contribution in [0.3, 0.4) is 0 Å². The molecule has 5 nitrogen and oxygen atoms in total. The normalized spacial score (nSPS) is 17.3. The average molecular weight is 374 g/mol. The lowest BCUT2D eigenvalue weighted by Crippen LogP contribution is -2.48. The molecule has 0 amide bonds. The molecule has 25 heavy (non-hydrogen) atoms. The van der Waals surface area contributed by atoms with Crippen LogP contribution in [0.15, 0.2) is 53.0 Å². The van der Waals surface area contributed by atoms with E-state index < -0.39 is 0 Å². The van der Waals surface area contributed by atoms with Crippen LogP contribution in [0.4, 0.5) is 5.69 Å². The first-order chi connectivity index (χ1) is 12.1. The molecular formula is C18H18N2O3S2. The summed E-state index contributed by atoms with van der Waals surface area (Å²) in [5.41, 5.74) is 2.02. The molecule has 0 bridgehead atoms. The van der Waals surface area contributed by atoms with Gasteiger partial charge in [-0.2, -0.15) is 0 Å². The van der Waals surface area contributed by atoms with Gasteiger partial charge in [0, 0.05) is 10.6 Å². The lowest BCUT2D eigenvalue weighted by Gasteiger charge is -2.37. The minimum absolute atomic E-state index is 0.328. The van der Waals surface area contributed by atoms with Crippen molar-refractivity contribution in [3.05, 3.63) is 57.9 Å². The van der Waals surface area contributed by atoms with Gasteiger partial charge in [0.25, 0.3) is 0 Å². The summed E-state index contributed by atoms with van der Waals surface area (Å²) in [4.78, 5) is 15.3. The van der Waals surface area contributed by atoms with Gasteiger partial charge in [0.15, 0.2) is 5.11 Å². The van der Waals surface area contributed by atoms with Crippen LogP contribution in [0.2, 0.25) is 0 Å². The van der Waals surface area contributed by atoms with Crippen LogP contribution in [0, 0.1) is 0 Å². The molecular weight excluding hydrogens is 356 g/mol. The van der Waals surface area contributed by atoms with Crippen molar-refractivity contribution in [2.24, 2.45) is 0 Å². The third kappa shape index (κ3) is 3.12. The zero-order valence-electron chi connectivity index (χ0n) is 14.1. The molecule has 0 radical (unpaired) electrons. The molecule has 1 aliphatic heterocycles. The van der Waals surface area contributed by atoms with E-state index in [4.69, 9.17) is 21.7 Å². The fraction of sp³-hybridized carbons (Fsp3) is 0.222. The Morgan fingerprint density at radius 3 is 2.64 bits per heavy atom. The van der Waals surface area contributed by atoms with Crippen molar-refractivity contribution in [3.8, 4) is 5.75 Å². The van der Waals surface area contributed by atoms with E-state index in [9.17, 15) is 4.79 Å². The zero-order chi connectivity index (χ0) is 18.0. The highest BCUT2D eigenvalue weighted by Gasteiger charge is 2.36. The molecule has 1 aromatic carbocycles. The number of benzene rings is 1. The van der Waals surface area contributed by atoms with Gasteiger partial charge in [-0.1, -0.05) is 18.2 Å². The predicted octanol–water partition coefficient (Wildman–Crippen LogP) is 3.64. The van der Waals surface area contributed by atoms with E-state index in [1.54, 1.807) is 18.4 Å². The van der Waals surface area contributed by atoms with Crippen molar-refractivity contribution >= 4 is 40.3 Å². The van der Waals surface area contributed by atoms with Crippen LogP contribution < -0.4 is 15.0 Å².